The van der Waals surface area contributed by atoms with Gasteiger partial charge in [0.2, 0.25) is 5.91 Å². The molecule has 2 aliphatic heterocycles. The van der Waals surface area contributed by atoms with Crippen LogP contribution < -0.4 is 0 Å². The fourth-order valence-corrected chi connectivity index (χ4v) is 4.37. The van der Waals surface area contributed by atoms with Crippen molar-refractivity contribution in [2.45, 2.75) is 38.3 Å². The Kier molecular flexibility index (Phi) is 4.83. The number of rotatable bonds is 5. The van der Waals surface area contributed by atoms with E-state index in [1.54, 1.807) is 6.33 Å². The highest BCUT2D eigenvalue weighted by Gasteiger charge is 2.38. The maximum Gasteiger partial charge on any atom is 0.222 e. The highest BCUT2D eigenvalue weighted by atomic mass is 16.2. The van der Waals surface area contributed by atoms with Gasteiger partial charge in [0.1, 0.15) is 0 Å². The molecular formula is C20H26N4O. The molecule has 4 rings (SSSR count). The average Bonchev–Trinajstić information content (AvgIpc) is 3.15. The molecule has 5 heteroatoms. The highest BCUT2D eigenvalue weighted by Crippen LogP contribution is 2.31. The van der Waals surface area contributed by atoms with Crippen molar-refractivity contribution in [2.75, 3.05) is 19.6 Å². The Labute approximate surface area is 149 Å². The van der Waals surface area contributed by atoms with Crippen LogP contribution in [0.1, 0.15) is 30.5 Å². The van der Waals surface area contributed by atoms with Gasteiger partial charge < -0.3 is 9.88 Å². The Morgan fingerprint density at radius 2 is 2.08 bits per heavy atom. The second kappa shape index (κ2) is 7.40. The van der Waals surface area contributed by atoms with Gasteiger partial charge in [-0.1, -0.05) is 30.3 Å². The molecule has 2 aromatic rings. The number of nitrogens with zero attached hydrogens (tertiary/aromatic N) is 3. The number of likely N-dealkylation sites (tertiary alicyclic amines) is 2. The van der Waals surface area contributed by atoms with E-state index in [9.17, 15) is 4.79 Å². The SMILES string of the molecule is O=C1CC[C@H]2CN(Cc3cnc[nH]3)CC[C@H]2N1CCc1ccccc1. The second-order valence-electron chi connectivity index (χ2n) is 7.29. The minimum atomic E-state index is 0.346. The standard InChI is InChI=1S/C20H26N4O/c25-20-7-6-17-13-23(14-18-12-21-15-22-18)10-9-19(17)24(20)11-8-16-4-2-1-3-5-16/h1-5,12,15,17,19H,6-11,13-14H2,(H,21,22)/t17-,19+/m0/s1. The van der Waals surface area contributed by atoms with Crippen LogP contribution in [-0.2, 0) is 17.8 Å². The van der Waals surface area contributed by atoms with Crippen molar-refractivity contribution in [1.82, 2.24) is 19.8 Å². The molecule has 2 aliphatic rings. The second-order valence-corrected chi connectivity index (χ2v) is 7.29. The number of carbonyl (C=O) groups excluding carboxylic acids is 1. The molecule has 2 saturated heterocycles. The van der Waals surface area contributed by atoms with Crippen molar-refractivity contribution in [3.8, 4) is 0 Å². The molecule has 5 nitrogen and oxygen atoms in total. The maximum absolute atomic E-state index is 12.5. The third kappa shape index (κ3) is 3.76. The number of hydrogen-bond donors (Lipinski definition) is 1. The summed E-state index contributed by atoms with van der Waals surface area (Å²) in [4.78, 5) is 24.5. The number of aromatic nitrogens is 2. The molecule has 25 heavy (non-hydrogen) atoms. The molecule has 132 valence electrons. The van der Waals surface area contributed by atoms with Crippen molar-refractivity contribution in [3.05, 3.63) is 54.1 Å². The van der Waals surface area contributed by atoms with E-state index in [1.165, 1.54) is 11.3 Å². The number of nitrogens with one attached hydrogen (secondary N) is 1. The van der Waals surface area contributed by atoms with Crippen molar-refractivity contribution in [1.29, 1.82) is 0 Å². The molecule has 0 spiro atoms. The molecule has 2 atom stereocenters. The number of H-pyrrole nitrogens is 1. The molecule has 2 fully saturated rings. The quantitative estimate of drug-likeness (QED) is 0.911. The van der Waals surface area contributed by atoms with E-state index in [0.717, 1.165) is 45.4 Å². The van der Waals surface area contributed by atoms with Gasteiger partial charge in [-0.05, 0) is 30.7 Å². The minimum absolute atomic E-state index is 0.346. The fourth-order valence-electron chi connectivity index (χ4n) is 4.37. The lowest BCUT2D eigenvalue weighted by molar-refractivity contribution is -0.141. The van der Waals surface area contributed by atoms with E-state index in [4.69, 9.17) is 0 Å². The minimum Gasteiger partial charge on any atom is -0.347 e. The first-order valence-electron chi connectivity index (χ1n) is 9.32. The van der Waals surface area contributed by atoms with Crippen LogP contribution in [-0.4, -0.2) is 51.4 Å². The van der Waals surface area contributed by atoms with Crippen LogP contribution in [0.2, 0.25) is 0 Å². The predicted octanol–water partition coefficient (Wildman–Crippen LogP) is 2.47. The van der Waals surface area contributed by atoms with Gasteiger partial charge in [-0.25, -0.2) is 4.98 Å². The number of carbonyl (C=O) groups is 1. The van der Waals surface area contributed by atoms with Crippen LogP contribution in [0.15, 0.2) is 42.9 Å². The maximum atomic E-state index is 12.5. The summed E-state index contributed by atoms with van der Waals surface area (Å²) in [5.41, 5.74) is 2.49. The van der Waals surface area contributed by atoms with E-state index in [0.29, 0.717) is 24.3 Å². The van der Waals surface area contributed by atoms with Crippen molar-refractivity contribution >= 4 is 5.91 Å². The third-order valence-electron chi connectivity index (χ3n) is 5.66. The predicted molar refractivity (Wildman–Crippen MR) is 96.9 cm³/mol. The topological polar surface area (TPSA) is 52.2 Å². The van der Waals surface area contributed by atoms with E-state index in [2.05, 4.69) is 44.0 Å². The number of hydrogen-bond acceptors (Lipinski definition) is 3. The summed E-state index contributed by atoms with van der Waals surface area (Å²) in [7, 11) is 0. The number of fused-ring (bicyclic) bond motifs is 1. The molecule has 3 heterocycles. The lowest BCUT2D eigenvalue weighted by Crippen LogP contribution is -2.56. The van der Waals surface area contributed by atoms with Crippen LogP contribution in [0.4, 0.5) is 0 Å². The van der Waals surface area contributed by atoms with E-state index in [-0.39, 0.29) is 0 Å². The molecular weight excluding hydrogens is 312 g/mol. The first kappa shape index (κ1) is 16.3. The first-order chi connectivity index (χ1) is 12.3. The van der Waals surface area contributed by atoms with Gasteiger partial charge in [-0.2, -0.15) is 0 Å². The van der Waals surface area contributed by atoms with Gasteiger partial charge in [0.05, 0.1) is 6.33 Å². The summed E-state index contributed by atoms with van der Waals surface area (Å²) in [6, 6.07) is 10.9. The Balaban J connectivity index is 1.37. The Bertz CT molecular complexity index is 685. The van der Waals surface area contributed by atoms with Gasteiger partial charge in [0.15, 0.2) is 0 Å². The summed E-state index contributed by atoms with van der Waals surface area (Å²) < 4.78 is 0. The summed E-state index contributed by atoms with van der Waals surface area (Å²) in [6.07, 6.45) is 7.42. The number of imidazole rings is 1. The van der Waals surface area contributed by atoms with E-state index < -0.39 is 0 Å². The van der Waals surface area contributed by atoms with Crippen LogP contribution in [0.3, 0.4) is 0 Å². The average molecular weight is 338 g/mol. The van der Waals surface area contributed by atoms with Gasteiger partial charge in [-0.15, -0.1) is 0 Å². The van der Waals surface area contributed by atoms with Crippen LogP contribution in [0.5, 0.6) is 0 Å². The largest absolute Gasteiger partial charge is 0.347 e. The van der Waals surface area contributed by atoms with Crippen LogP contribution >= 0.6 is 0 Å². The normalized spacial score (nSPS) is 24.3. The summed E-state index contributed by atoms with van der Waals surface area (Å²) >= 11 is 0. The Morgan fingerprint density at radius 3 is 2.88 bits per heavy atom. The van der Waals surface area contributed by atoms with Crippen molar-refractivity contribution in [3.63, 3.8) is 0 Å². The molecule has 1 aromatic carbocycles. The molecule has 1 amide bonds. The highest BCUT2D eigenvalue weighted by molar-refractivity contribution is 5.77. The third-order valence-corrected chi connectivity index (χ3v) is 5.66. The van der Waals surface area contributed by atoms with E-state index >= 15 is 0 Å². The van der Waals surface area contributed by atoms with Crippen molar-refractivity contribution in [2.24, 2.45) is 5.92 Å². The Hall–Kier alpha value is -2.14. The van der Waals surface area contributed by atoms with Gasteiger partial charge in [-0.3, -0.25) is 9.69 Å². The van der Waals surface area contributed by atoms with Gasteiger partial charge in [0, 0.05) is 50.5 Å². The number of aromatic amines is 1. The summed E-state index contributed by atoms with van der Waals surface area (Å²) in [5.74, 6) is 0.948. The molecule has 0 saturated carbocycles. The Morgan fingerprint density at radius 1 is 1.20 bits per heavy atom. The molecule has 0 unspecified atom stereocenters. The van der Waals surface area contributed by atoms with Crippen LogP contribution in [0.25, 0.3) is 0 Å². The number of amides is 1. The number of benzene rings is 1. The summed E-state index contributed by atoms with van der Waals surface area (Å²) in [5, 5.41) is 0. The van der Waals surface area contributed by atoms with Gasteiger partial charge in [0.25, 0.3) is 0 Å². The molecule has 0 radical (unpaired) electrons. The van der Waals surface area contributed by atoms with Crippen molar-refractivity contribution < 1.29 is 4.79 Å². The smallest absolute Gasteiger partial charge is 0.222 e. The molecule has 1 N–H and O–H groups in total. The molecule has 0 bridgehead atoms. The lowest BCUT2D eigenvalue weighted by atomic mass is 9.83. The molecule has 1 aromatic heterocycles. The zero-order chi connectivity index (χ0) is 17.1. The lowest BCUT2D eigenvalue weighted by Gasteiger charge is -2.47. The molecule has 0 aliphatic carbocycles. The number of piperidine rings is 2. The zero-order valence-corrected chi connectivity index (χ0v) is 14.6. The van der Waals surface area contributed by atoms with Gasteiger partial charge >= 0.3 is 0 Å². The first-order valence-corrected chi connectivity index (χ1v) is 9.32. The fraction of sp³-hybridized carbons (Fsp3) is 0.500. The zero-order valence-electron chi connectivity index (χ0n) is 14.6. The van der Waals surface area contributed by atoms with Crippen LogP contribution in [0, 0.1) is 5.92 Å². The summed E-state index contributed by atoms with van der Waals surface area (Å²) in [6.45, 7) is 3.92. The monoisotopic (exact) mass is 338 g/mol. The van der Waals surface area contributed by atoms with E-state index in [1.807, 2.05) is 12.3 Å².